The van der Waals surface area contributed by atoms with Crippen molar-refractivity contribution in [2.45, 2.75) is 39.8 Å². The van der Waals surface area contributed by atoms with Crippen LogP contribution in [-0.4, -0.2) is 32.1 Å². The second-order valence-electron chi connectivity index (χ2n) is 5.32. The van der Waals surface area contributed by atoms with E-state index in [9.17, 15) is 9.18 Å². The van der Waals surface area contributed by atoms with E-state index < -0.39 is 0 Å². The van der Waals surface area contributed by atoms with Crippen molar-refractivity contribution in [2.24, 2.45) is 0 Å². The van der Waals surface area contributed by atoms with Gasteiger partial charge in [-0.2, -0.15) is 5.10 Å². The smallest absolute Gasteiger partial charge is 0.242 e. The monoisotopic (exact) mass is 336 g/mol. The molecule has 0 atom stereocenters. The lowest BCUT2D eigenvalue weighted by Crippen LogP contribution is -2.33. The topological polar surface area (TPSA) is 53.9 Å². The minimum absolute atomic E-state index is 0.0633. The molecule has 0 radical (unpaired) electrons. The summed E-state index contributed by atoms with van der Waals surface area (Å²) in [7, 11) is 0. The zero-order chi connectivity index (χ0) is 16.8. The summed E-state index contributed by atoms with van der Waals surface area (Å²) >= 11 is 5.20. The summed E-state index contributed by atoms with van der Waals surface area (Å²) in [5.74, 6) is 0.424. The predicted molar refractivity (Wildman–Crippen MR) is 88.9 cm³/mol. The molecule has 2 aromatic rings. The highest BCUT2D eigenvalue weighted by molar-refractivity contribution is 7.71. The molecule has 23 heavy (non-hydrogen) atoms. The Hall–Kier alpha value is -2.02. The van der Waals surface area contributed by atoms with Crippen LogP contribution in [0.25, 0.3) is 0 Å². The normalized spacial score (nSPS) is 10.7. The Morgan fingerprint density at radius 3 is 2.87 bits per heavy atom. The fraction of sp³-hybridized carbons (Fsp3) is 0.438. The van der Waals surface area contributed by atoms with Gasteiger partial charge in [-0.25, -0.2) is 4.39 Å². The average molecular weight is 336 g/mol. The fourth-order valence-electron chi connectivity index (χ4n) is 2.40. The number of aryl methyl sites for hydroxylation is 1. The first-order valence-electron chi connectivity index (χ1n) is 7.71. The summed E-state index contributed by atoms with van der Waals surface area (Å²) in [4.78, 5) is 14.2. The highest BCUT2D eigenvalue weighted by Gasteiger charge is 2.16. The van der Waals surface area contributed by atoms with E-state index in [0.717, 1.165) is 24.2 Å². The van der Waals surface area contributed by atoms with E-state index in [2.05, 4.69) is 10.2 Å². The number of amides is 1. The van der Waals surface area contributed by atoms with E-state index in [1.165, 1.54) is 12.1 Å². The number of rotatable bonds is 7. The number of aromatic amines is 1. The molecule has 7 heteroatoms. The Morgan fingerprint density at radius 1 is 1.43 bits per heavy atom. The van der Waals surface area contributed by atoms with Gasteiger partial charge in [-0.05, 0) is 43.3 Å². The van der Waals surface area contributed by atoms with E-state index in [1.54, 1.807) is 15.5 Å². The van der Waals surface area contributed by atoms with Crippen LogP contribution in [-0.2, 0) is 24.3 Å². The Labute approximate surface area is 140 Å². The lowest BCUT2D eigenvalue weighted by molar-refractivity contribution is -0.132. The van der Waals surface area contributed by atoms with Crippen molar-refractivity contribution < 1.29 is 9.18 Å². The molecule has 0 unspecified atom stereocenters. The number of hydrogen-bond acceptors (Lipinski definition) is 3. The van der Waals surface area contributed by atoms with Gasteiger partial charge in [0, 0.05) is 19.5 Å². The second-order valence-corrected chi connectivity index (χ2v) is 5.71. The zero-order valence-corrected chi connectivity index (χ0v) is 14.2. The van der Waals surface area contributed by atoms with Crippen molar-refractivity contribution in [3.8, 4) is 0 Å². The molecule has 0 bridgehead atoms. The molecule has 1 N–H and O–H groups in total. The van der Waals surface area contributed by atoms with Gasteiger partial charge in [0.15, 0.2) is 4.77 Å². The molecular weight excluding hydrogens is 315 g/mol. The minimum Gasteiger partial charge on any atom is -0.337 e. The molecule has 0 fully saturated rings. The number of H-pyrrole nitrogens is 1. The quantitative estimate of drug-likeness (QED) is 0.791. The average Bonchev–Trinajstić information content (AvgIpc) is 2.86. The number of carbonyl (C=O) groups excluding carboxylic acids is 1. The van der Waals surface area contributed by atoms with Crippen LogP contribution in [0.1, 0.15) is 31.7 Å². The first-order chi connectivity index (χ1) is 11.0. The van der Waals surface area contributed by atoms with Crippen molar-refractivity contribution >= 4 is 18.1 Å². The molecular formula is C16H21FN4OS. The maximum Gasteiger partial charge on any atom is 0.242 e. The molecule has 124 valence electrons. The summed E-state index contributed by atoms with van der Waals surface area (Å²) in [6, 6.07) is 6.30. The molecule has 5 nitrogen and oxygen atoms in total. The van der Waals surface area contributed by atoms with E-state index >= 15 is 0 Å². The number of nitrogens with zero attached hydrogens (tertiary/aromatic N) is 3. The maximum atomic E-state index is 13.3. The molecule has 1 aromatic heterocycles. The molecule has 1 aromatic carbocycles. The second kappa shape index (κ2) is 8.01. The predicted octanol–water partition coefficient (Wildman–Crippen LogP) is 3.08. The summed E-state index contributed by atoms with van der Waals surface area (Å²) in [5, 5.41) is 6.90. The molecule has 0 saturated heterocycles. The number of likely N-dealkylation sites (N-methyl/N-ethyl adjacent to an activating group) is 1. The van der Waals surface area contributed by atoms with Gasteiger partial charge in [0.25, 0.3) is 0 Å². The summed E-state index contributed by atoms with van der Waals surface area (Å²) in [6.07, 6.45) is 1.69. The first-order valence-corrected chi connectivity index (χ1v) is 8.12. The van der Waals surface area contributed by atoms with Crippen molar-refractivity contribution in [2.75, 3.05) is 6.54 Å². The van der Waals surface area contributed by atoms with Crippen molar-refractivity contribution in [3.63, 3.8) is 0 Å². The SMILES string of the molecule is CCCc1n[nH]c(=S)n1CC(=O)N(CC)Cc1cccc(F)c1. The number of carbonyl (C=O) groups is 1. The van der Waals surface area contributed by atoms with Crippen LogP contribution in [0.5, 0.6) is 0 Å². The highest BCUT2D eigenvalue weighted by Crippen LogP contribution is 2.09. The molecule has 1 heterocycles. The minimum atomic E-state index is -0.298. The third kappa shape index (κ3) is 4.48. The first kappa shape index (κ1) is 17.3. The van der Waals surface area contributed by atoms with Gasteiger partial charge in [-0.15, -0.1) is 0 Å². The molecule has 0 saturated carbocycles. The summed E-state index contributed by atoms with van der Waals surface area (Å²) < 4.78 is 15.5. The van der Waals surface area contributed by atoms with E-state index in [-0.39, 0.29) is 18.3 Å². The van der Waals surface area contributed by atoms with E-state index in [1.807, 2.05) is 19.9 Å². The third-order valence-corrected chi connectivity index (χ3v) is 3.91. The van der Waals surface area contributed by atoms with Crippen molar-refractivity contribution in [1.82, 2.24) is 19.7 Å². The van der Waals surface area contributed by atoms with Crippen LogP contribution in [0.2, 0.25) is 0 Å². The standard InChI is InChI=1S/C16H21FN4OS/c1-3-6-14-18-19-16(23)21(14)11-15(22)20(4-2)10-12-7-5-8-13(17)9-12/h5,7-9H,3-4,6,10-11H2,1-2H3,(H,19,23). The maximum absolute atomic E-state index is 13.3. The van der Waals surface area contributed by atoms with Crippen LogP contribution in [0.3, 0.4) is 0 Å². The fourth-order valence-corrected chi connectivity index (χ4v) is 2.61. The van der Waals surface area contributed by atoms with Crippen molar-refractivity contribution in [1.29, 1.82) is 0 Å². The largest absolute Gasteiger partial charge is 0.337 e. The van der Waals surface area contributed by atoms with Crippen molar-refractivity contribution in [3.05, 3.63) is 46.2 Å². The van der Waals surface area contributed by atoms with Gasteiger partial charge >= 0.3 is 0 Å². The van der Waals surface area contributed by atoms with Gasteiger partial charge in [-0.3, -0.25) is 14.5 Å². The highest BCUT2D eigenvalue weighted by atomic mass is 32.1. The molecule has 0 aliphatic carbocycles. The molecule has 0 spiro atoms. The van der Waals surface area contributed by atoms with Gasteiger partial charge < -0.3 is 4.90 Å². The lowest BCUT2D eigenvalue weighted by atomic mass is 10.2. The van der Waals surface area contributed by atoms with Crippen LogP contribution in [0.4, 0.5) is 4.39 Å². The number of halogens is 1. The number of benzene rings is 1. The van der Waals surface area contributed by atoms with Gasteiger partial charge in [-0.1, -0.05) is 19.1 Å². The molecule has 0 aliphatic rings. The third-order valence-electron chi connectivity index (χ3n) is 3.60. The number of aromatic nitrogens is 3. The Morgan fingerprint density at radius 2 is 2.22 bits per heavy atom. The van der Waals surface area contributed by atoms with Gasteiger partial charge in [0.2, 0.25) is 5.91 Å². The van der Waals surface area contributed by atoms with Crippen LogP contribution in [0, 0.1) is 10.6 Å². The Balaban J connectivity index is 2.11. The Kier molecular flexibility index (Phi) is 6.04. The zero-order valence-electron chi connectivity index (χ0n) is 13.4. The van der Waals surface area contributed by atoms with E-state index in [0.29, 0.717) is 17.9 Å². The number of nitrogens with one attached hydrogen (secondary N) is 1. The van der Waals surface area contributed by atoms with Crippen LogP contribution in [0.15, 0.2) is 24.3 Å². The molecule has 2 rings (SSSR count). The van der Waals surface area contributed by atoms with Gasteiger partial charge in [0.1, 0.15) is 18.2 Å². The number of hydrogen-bond donors (Lipinski definition) is 1. The van der Waals surface area contributed by atoms with E-state index in [4.69, 9.17) is 12.2 Å². The molecule has 1 amide bonds. The van der Waals surface area contributed by atoms with Crippen LogP contribution >= 0.6 is 12.2 Å². The van der Waals surface area contributed by atoms with Gasteiger partial charge in [0.05, 0.1) is 0 Å². The lowest BCUT2D eigenvalue weighted by Gasteiger charge is -2.21. The molecule has 0 aliphatic heterocycles. The van der Waals surface area contributed by atoms with Crippen LogP contribution < -0.4 is 0 Å². The Bertz CT molecular complexity index is 725. The summed E-state index contributed by atoms with van der Waals surface area (Å²) in [6.45, 7) is 5.02. The summed E-state index contributed by atoms with van der Waals surface area (Å²) in [5.41, 5.74) is 0.768.